The quantitative estimate of drug-likeness (QED) is 0.439. The number of hydrogen-bond donors (Lipinski definition) is 2. The molecule has 0 radical (unpaired) electrons. The molecule has 0 aliphatic heterocycles. The number of methoxy groups -OCH3 is 1. The van der Waals surface area contributed by atoms with Crippen LogP contribution in [0.3, 0.4) is 0 Å². The second kappa shape index (κ2) is 5.48. The molecule has 4 nitrogen and oxygen atoms in total. The summed E-state index contributed by atoms with van der Waals surface area (Å²) in [6.45, 7) is 2.39. The largest absolute Gasteiger partial charge is 0.380 e. The molecule has 15 heavy (non-hydrogen) atoms. The highest BCUT2D eigenvalue weighted by molar-refractivity contribution is 5.82. The number of nitrogens with one attached hydrogen (secondary N) is 1. The summed E-state index contributed by atoms with van der Waals surface area (Å²) < 4.78 is 5.00. The van der Waals surface area contributed by atoms with Gasteiger partial charge in [-0.05, 0) is 18.1 Å². The summed E-state index contributed by atoms with van der Waals surface area (Å²) in [5.41, 5.74) is 4.17. The molecule has 0 saturated heterocycles. The van der Waals surface area contributed by atoms with Crippen molar-refractivity contribution in [1.29, 1.82) is 0 Å². The number of nitrogens with two attached hydrogens (primary N) is 1. The van der Waals surface area contributed by atoms with Gasteiger partial charge in [-0.2, -0.15) is 0 Å². The van der Waals surface area contributed by atoms with Crippen molar-refractivity contribution in [2.24, 2.45) is 5.84 Å². The Kier molecular flexibility index (Phi) is 4.27. The molecule has 1 unspecified atom stereocenters. The smallest absolute Gasteiger partial charge is 0.241 e. The minimum atomic E-state index is -0.230. The third-order valence-corrected chi connectivity index (χ3v) is 2.33. The van der Waals surface area contributed by atoms with Gasteiger partial charge in [-0.3, -0.25) is 10.2 Å². The van der Waals surface area contributed by atoms with Gasteiger partial charge in [0.1, 0.15) is 0 Å². The first-order chi connectivity index (χ1) is 7.19. The number of ether oxygens (including phenoxy) is 1. The highest BCUT2D eigenvalue weighted by atomic mass is 16.5. The molecule has 82 valence electrons. The fourth-order valence-electron chi connectivity index (χ4n) is 1.35. The van der Waals surface area contributed by atoms with Gasteiger partial charge in [0.25, 0.3) is 0 Å². The van der Waals surface area contributed by atoms with Crippen LogP contribution in [0.5, 0.6) is 0 Å². The molecule has 0 saturated carbocycles. The normalized spacial score (nSPS) is 12.2. The van der Waals surface area contributed by atoms with E-state index in [1.54, 1.807) is 7.11 Å². The predicted molar refractivity (Wildman–Crippen MR) is 57.9 cm³/mol. The van der Waals surface area contributed by atoms with Gasteiger partial charge in [0.05, 0.1) is 12.5 Å². The van der Waals surface area contributed by atoms with E-state index in [2.05, 4.69) is 5.43 Å². The van der Waals surface area contributed by atoms with Crippen LogP contribution in [0.2, 0.25) is 0 Å². The summed E-state index contributed by atoms with van der Waals surface area (Å²) in [6.07, 6.45) is 0. The molecule has 0 bridgehead atoms. The maximum absolute atomic E-state index is 11.3. The molecule has 1 rings (SSSR count). The number of hydrogen-bond acceptors (Lipinski definition) is 3. The molecule has 0 aliphatic carbocycles. The minimum absolute atomic E-state index is 0.186. The SMILES string of the molecule is COCc1ccc(C(C)C(=O)NN)cc1. The molecule has 3 N–H and O–H groups in total. The number of carbonyl (C=O) groups excluding carboxylic acids is 1. The Labute approximate surface area is 89.4 Å². The van der Waals surface area contributed by atoms with Crippen molar-refractivity contribution in [1.82, 2.24) is 5.43 Å². The second-order valence-electron chi connectivity index (χ2n) is 3.40. The van der Waals surface area contributed by atoms with Crippen molar-refractivity contribution < 1.29 is 9.53 Å². The summed E-state index contributed by atoms with van der Waals surface area (Å²) in [6, 6.07) is 7.71. The number of benzene rings is 1. The van der Waals surface area contributed by atoms with Gasteiger partial charge < -0.3 is 4.74 Å². The summed E-state index contributed by atoms with van der Waals surface area (Å²) >= 11 is 0. The van der Waals surface area contributed by atoms with Crippen molar-refractivity contribution in [2.45, 2.75) is 19.4 Å². The zero-order chi connectivity index (χ0) is 11.3. The van der Waals surface area contributed by atoms with Gasteiger partial charge in [0.15, 0.2) is 0 Å². The Morgan fingerprint density at radius 3 is 2.53 bits per heavy atom. The topological polar surface area (TPSA) is 64.3 Å². The average molecular weight is 208 g/mol. The van der Waals surface area contributed by atoms with Crippen LogP contribution in [0.15, 0.2) is 24.3 Å². The van der Waals surface area contributed by atoms with E-state index < -0.39 is 0 Å². The van der Waals surface area contributed by atoms with Gasteiger partial charge in [-0.1, -0.05) is 24.3 Å². The lowest BCUT2D eigenvalue weighted by Gasteiger charge is -2.10. The molecular weight excluding hydrogens is 192 g/mol. The van der Waals surface area contributed by atoms with E-state index in [9.17, 15) is 4.79 Å². The van der Waals surface area contributed by atoms with Crippen LogP contribution in [0.1, 0.15) is 24.0 Å². The van der Waals surface area contributed by atoms with Crippen LogP contribution in [0.25, 0.3) is 0 Å². The Balaban J connectivity index is 2.75. The third kappa shape index (κ3) is 3.04. The van der Waals surface area contributed by atoms with Crippen LogP contribution >= 0.6 is 0 Å². The molecule has 1 atom stereocenters. The summed E-state index contributed by atoms with van der Waals surface area (Å²) in [5.74, 6) is 4.65. The lowest BCUT2D eigenvalue weighted by atomic mass is 9.99. The van der Waals surface area contributed by atoms with Crippen molar-refractivity contribution in [3.05, 3.63) is 35.4 Å². The van der Waals surface area contributed by atoms with Crippen LogP contribution in [-0.4, -0.2) is 13.0 Å². The van der Waals surface area contributed by atoms with Gasteiger partial charge >= 0.3 is 0 Å². The summed E-state index contributed by atoms with van der Waals surface area (Å²) in [5, 5.41) is 0. The molecule has 0 aliphatic rings. The molecule has 1 aromatic rings. The first-order valence-electron chi connectivity index (χ1n) is 4.77. The van der Waals surface area contributed by atoms with Crippen molar-refractivity contribution in [2.75, 3.05) is 7.11 Å². The molecular formula is C11H16N2O2. The van der Waals surface area contributed by atoms with Crippen LogP contribution < -0.4 is 11.3 Å². The van der Waals surface area contributed by atoms with E-state index in [1.165, 1.54) is 0 Å². The molecule has 1 aromatic carbocycles. The maximum atomic E-state index is 11.3. The maximum Gasteiger partial charge on any atom is 0.241 e. The molecule has 0 aromatic heterocycles. The number of rotatable bonds is 4. The van der Waals surface area contributed by atoms with Gasteiger partial charge in [0, 0.05) is 7.11 Å². The molecule has 0 fully saturated rings. The van der Waals surface area contributed by atoms with E-state index in [1.807, 2.05) is 31.2 Å². The lowest BCUT2D eigenvalue weighted by Crippen LogP contribution is -2.33. The Morgan fingerprint density at radius 1 is 1.47 bits per heavy atom. The Morgan fingerprint density at radius 2 is 2.07 bits per heavy atom. The summed E-state index contributed by atoms with van der Waals surface area (Å²) in [7, 11) is 1.65. The lowest BCUT2D eigenvalue weighted by molar-refractivity contribution is -0.122. The van der Waals surface area contributed by atoms with E-state index in [4.69, 9.17) is 10.6 Å². The Bertz CT molecular complexity index is 322. The van der Waals surface area contributed by atoms with Gasteiger partial charge in [-0.15, -0.1) is 0 Å². The van der Waals surface area contributed by atoms with Crippen LogP contribution in [0, 0.1) is 0 Å². The highest BCUT2D eigenvalue weighted by Gasteiger charge is 2.13. The van der Waals surface area contributed by atoms with E-state index >= 15 is 0 Å². The zero-order valence-corrected chi connectivity index (χ0v) is 8.99. The molecule has 0 spiro atoms. The molecule has 1 amide bonds. The zero-order valence-electron chi connectivity index (χ0n) is 8.99. The number of amides is 1. The van der Waals surface area contributed by atoms with E-state index in [0.29, 0.717) is 6.61 Å². The standard InChI is InChI=1S/C11H16N2O2/c1-8(11(14)13-12)10-5-3-9(4-6-10)7-15-2/h3-6,8H,7,12H2,1-2H3,(H,13,14). The van der Waals surface area contributed by atoms with Crippen LogP contribution in [-0.2, 0) is 16.1 Å². The van der Waals surface area contributed by atoms with Gasteiger partial charge in [0.2, 0.25) is 5.91 Å². The first kappa shape index (κ1) is 11.7. The van der Waals surface area contributed by atoms with E-state index in [0.717, 1.165) is 11.1 Å². The Hall–Kier alpha value is -1.39. The third-order valence-electron chi connectivity index (χ3n) is 2.33. The van der Waals surface area contributed by atoms with Crippen LogP contribution in [0.4, 0.5) is 0 Å². The first-order valence-corrected chi connectivity index (χ1v) is 4.77. The van der Waals surface area contributed by atoms with Gasteiger partial charge in [-0.25, -0.2) is 5.84 Å². The monoisotopic (exact) mass is 208 g/mol. The van der Waals surface area contributed by atoms with E-state index in [-0.39, 0.29) is 11.8 Å². The predicted octanol–water partition coefficient (Wildman–Crippen LogP) is 0.926. The van der Waals surface area contributed by atoms with Crippen molar-refractivity contribution >= 4 is 5.91 Å². The highest BCUT2D eigenvalue weighted by Crippen LogP contribution is 2.16. The molecule has 0 heterocycles. The van der Waals surface area contributed by atoms with Crippen molar-refractivity contribution in [3.63, 3.8) is 0 Å². The fraction of sp³-hybridized carbons (Fsp3) is 0.364. The van der Waals surface area contributed by atoms with Crippen molar-refractivity contribution in [3.8, 4) is 0 Å². The fourth-order valence-corrected chi connectivity index (χ4v) is 1.35. The number of hydrazine groups is 1. The number of carbonyl (C=O) groups is 1. The molecule has 4 heteroatoms. The minimum Gasteiger partial charge on any atom is -0.380 e. The average Bonchev–Trinajstić information content (AvgIpc) is 2.28. The second-order valence-corrected chi connectivity index (χ2v) is 3.40. The summed E-state index contributed by atoms with van der Waals surface area (Å²) in [4.78, 5) is 11.3.